The number of nitrogens with zero attached hydrogens (tertiary/aromatic N) is 4. The zero-order valence-corrected chi connectivity index (χ0v) is 7.40. The molecule has 0 atom stereocenters. The molecule has 80 valence electrons. The molecule has 1 heterocycles. The van der Waals surface area contributed by atoms with Crippen molar-refractivity contribution >= 4 is 18.1 Å². The third kappa shape index (κ3) is 2.76. The van der Waals surface area contributed by atoms with Crippen LogP contribution in [0.15, 0.2) is 10.9 Å². The van der Waals surface area contributed by atoms with Crippen LogP contribution in [0.4, 0.5) is 0 Å². The maximum atomic E-state index is 11.3. The van der Waals surface area contributed by atoms with Crippen LogP contribution in [-0.4, -0.2) is 36.8 Å². The van der Waals surface area contributed by atoms with E-state index in [2.05, 4.69) is 10.4 Å². The maximum absolute atomic E-state index is 11.3. The molecular formula is C6H7N5O4. The number of primary amides is 1. The highest BCUT2D eigenvalue weighted by Crippen LogP contribution is 1.78. The molecule has 0 aromatic carbocycles. The van der Waals surface area contributed by atoms with Gasteiger partial charge in [0.25, 0.3) is 0 Å². The Labute approximate surface area is 82.4 Å². The van der Waals surface area contributed by atoms with E-state index >= 15 is 0 Å². The number of carbonyl (C=O) groups excluding carboxylic acids is 1. The highest BCUT2D eigenvalue weighted by Gasteiger charge is 2.06. The lowest BCUT2D eigenvalue weighted by Gasteiger charge is -1.90. The molecule has 3 N–H and O–H groups in total. The molecule has 0 saturated heterocycles. The minimum absolute atomic E-state index is 0.403. The van der Waals surface area contributed by atoms with E-state index in [0.717, 1.165) is 6.20 Å². The van der Waals surface area contributed by atoms with Gasteiger partial charge in [0, 0.05) is 12.3 Å². The summed E-state index contributed by atoms with van der Waals surface area (Å²) in [4.78, 5) is 31.9. The van der Waals surface area contributed by atoms with Gasteiger partial charge in [-0.15, -0.1) is 0 Å². The van der Waals surface area contributed by atoms with Crippen LogP contribution in [0, 0.1) is 0 Å². The van der Waals surface area contributed by atoms with E-state index in [0.29, 0.717) is 15.4 Å². The first-order chi connectivity index (χ1) is 7.00. The van der Waals surface area contributed by atoms with Crippen molar-refractivity contribution in [2.45, 2.75) is 6.54 Å². The van der Waals surface area contributed by atoms with Crippen LogP contribution in [-0.2, 0) is 16.1 Å². The monoisotopic (exact) mass is 213 g/mol. The van der Waals surface area contributed by atoms with E-state index in [1.165, 1.54) is 0 Å². The molecular weight excluding hydrogens is 206 g/mol. The number of carboxylic acids is 1. The molecule has 0 aliphatic rings. The smallest absolute Gasteiger partial charge is 0.368 e. The number of amides is 1. The molecule has 0 aliphatic heterocycles. The van der Waals surface area contributed by atoms with E-state index in [1.807, 2.05) is 0 Å². The fourth-order valence-electron chi connectivity index (χ4n) is 0.761. The van der Waals surface area contributed by atoms with Crippen molar-refractivity contribution < 1.29 is 14.7 Å². The largest absolute Gasteiger partial charge is 0.478 e. The normalized spacial score (nSPS) is 10.7. The first kappa shape index (κ1) is 10.6. The Morgan fingerprint density at radius 2 is 2.13 bits per heavy atom. The summed E-state index contributed by atoms with van der Waals surface area (Å²) in [5.41, 5.74) is 4.09. The van der Waals surface area contributed by atoms with Gasteiger partial charge in [-0.2, -0.15) is 9.36 Å². The molecule has 0 spiro atoms. The average molecular weight is 213 g/mol. The summed E-state index contributed by atoms with van der Waals surface area (Å²) in [5, 5.41) is 14.9. The number of hydrogen-bond donors (Lipinski definition) is 2. The van der Waals surface area contributed by atoms with E-state index in [9.17, 15) is 14.4 Å². The molecule has 1 aromatic rings. The second-order valence-corrected chi connectivity index (χ2v) is 2.48. The topological polar surface area (TPSA) is 133 Å². The van der Waals surface area contributed by atoms with Crippen molar-refractivity contribution in [2.24, 2.45) is 5.73 Å². The summed E-state index contributed by atoms with van der Waals surface area (Å²) >= 11 is 0. The lowest BCUT2D eigenvalue weighted by molar-refractivity contribution is -0.131. The first-order valence-electron chi connectivity index (χ1n) is 3.72. The van der Waals surface area contributed by atoms with Crippen LogP contribution in [0.1, 0.15) is 0 Å². The number of carbonyl (C=O) groups is 2. The van der Waals surface area contributed by atoms with Gasteiger partial charge in [0.15, 0.2) is 0 Å². The number of rotatable bonds is 4. The Bertz CT molecular complexity index is 470. The summed E-state index contributed by atoms with van der Waals surface area (Å²) in [7, 11) is 0. The van der Waals surface area contributed by atoms with E-state index in [4.69, 9.17) is 10.8 Å². The van der Waals surface area contributed by atoms with Gasteiger partial charge in [-0.25, -0.2) is 9.59 Å². The van der Waals surface area contributed by atoms with Gasteiger partial charge in [0.2, 0.25) is 5.91 Å². The summed E-state index contributed by atoms with van der Waals surface area (Å²) in [6.07, 6.45) is 1.62. The van der Waals surface area contributed by atoms with Crippen LogP contribution < -0.4 is 11.4 Å². The Hall–Kier alpha value is -2.45. The van der Waals surface area contributed by atoms with Gasteiger partial charge in [-0.3, -0.25) is 4.79 Å². The number of aromatic nitrogens is 4. The Morgan fingerprint density at radius 3 is 2.67 bits per heavy atom. The summed E-state index contributed by atoms with van der Waals surface area (Å²) < 4.78 is 1.39. The second kappa shape index (κ2) is 4.17. The lowest BCUT2D eigenvalue weighted by Crippen LogP contribution is -2.29. The van der Waals surface area contributed by atoms with E-state index < -0.39 is 24.1 Å². The van der Waals surface area contributed by atoms with Crippen molar-refractivity contribution in [1.29, 1.82) is 0 Å². The van der Waals surface area contributed by atoms with Crippen LogP contribution >= 0.6 is 0 Å². The summed E-state index contributed by atoms with van der Waals surface area (Å²) in [6.45, 7) is -0.403. The van der Waals surface area contributed by atoms with Gasteiger partial charge in [0.1, 0.15) is 6.54 Å². The average Bonchev–Trinajstić information content (AvgIpc) is 2.44. The van der Waals surface area contributed by atoms with Gasteiger partial charge < -0.3 is 10.8 Å². The summed E-state index contributed by atoms with van der Waals surface area (Å²) in [6, 6.07) is 0. The molecule has 1 aromatic heterocycles. The number of aliphatic carboxylic acids is 1. The fourth-order valence-corrected chi connectivity index (χ4v) is 0.761. The molecule has 0 aliphatic carbocycles. The molecule has 1 rings (SSSR count). The predicted molar refractivity (Wildman–Crippen MR) is 46.4 cm³/mol. The van der Waals surface area contributed by atoms with E-state index in [1.54, 1.807) is 0 Å². The van der Waals surface area contributed by atoms with Gasteiger partial charge >= 0.3 is 11.7 Å². The second-order valence-electron chi connectivity index (χ2n) is 2.48. The zero-order valence-electron chi connectivity index (χ0n) is 7.40. The van der Waals surface area contributed by atoms with Gasteiger partial charge in [-0.1, -0.05) is 0 Å². The fraction of sp³-hybridized carbons (Fsp3) is 0.167. The Kier molecular flexibility index (Phi) is 2.96. The molecule has 0 radical (unpaired) electrons. The molecule has 9 heteroatoms. The third-order valence-corrected chi connectivity index (χ3v) is 1.33. The quantitative estimate of drug-likeness (QED) is 0.530. The Balaban J connectivity index is 2.94. The molecule has 0 fully saturated rings. The number of carboxylic acid groups (broad SMARTS) is 1. The van der Waals surface area contributed by atoms with Crippen molar-refractivity contribution in [2.75, 3.05) is 0 Å². The van der Waals surface area contributed by atoms with Crippen molar-refractivity contribution in [1.82, 2.24) is 19.8 Å². The van der Waals surface area contributed by atoms with E-state index in [-0.39, 0.29) is 0 Å². The maximum Gasteiger partial charge on any atom is 0.368 e. The van der Waals surface area contributed by atoms with Crippen molar-refractivity contribution in [3.05, 3.63) is 16.6 Å². The minimum Gasteiger partial charge on any atom is -0.478 e. The minimum atomic E-state index is -1.23. The third-order valence-electron chi connectivity index (χ3n) is 1.33. The van der Waals surface area contributed by atoms with Crippen molar-refractivity contribution in [3.8, 4) is 0 Å². The van der Waals surface area contributed by atoms with Crippen LogP contribution in [0.5, 0.6) is 0 Å². The van der Waals surface area contributed by atoms with Crippen molar-refractivity contribution in [3.63, 3.8) is 0 Å². The summed E-state index contributed by atoms with van der Waals surface area (Å²) in [5.74, 6) is -1.97. The highest BCUT2D eigenvalue weighted by molar-refractivity contribution is 5.82. The number of hydrogen-bond acceptors (Lipinski definition) is 5. The lowest BCUT2D eigenvalue weighted by atomic mass is 10.6. The van der Waals surface area contributed by atoms with Crippen LogP contribution in [0.2, 0.25) is 0 Å². The number of tetrazole rings is 1. The molecule has 0 saturated carbocycles. The standard InChI is InChI=1S/C6H7N5O4/c7-4(12)3-11-6(15)10(8-9-11)2-1-5(13)14/h1-2H,3H2,(H2,7,12)(H,13,14)/b2-1+. The molecule has 15 heavy (non-hydrogen) atoms. The first-order valence-corrected chi connectivity index (χ1v) is 3.72. The predicted octanol–water partition coefficient (Wildman–Crippen LogP) is -2.52. The number of nitrogens with two attached hydrogens (primary N) is 1. The zero-order chi connectivity index (χ0) is 11.4. The molecule has 1 amide bonds. The Morgan fingerprint density at radius 1 is 1.47 bits per heavy atom. The molecule has 0 bridgehead atoms. The van der Waals surface area contributed by atoms with Gasteiger partial charge in [-0.05, 0) is 10.4 Å². The highest BCUT2D eigenvalue weighted by atomic mass is 16.4. The van der Waals surface area contributed by atoms with Crippen LogP contribution in [0.25, 0.3) is 6.20 Å². The molecule has 9 nitrogen and oxygen atoms in total. The molecule has 0 unspecified atom stereocenters. The SMILES string of the molecule is NC(=O)Cn1nnn(/C=C/C(=O)O)c1=O. The van der Waals surface area contributed by atoms with Crippen LogP contribution in [0.3, 0.4) is 0 Å². The van der Waals surface area contributed by atoms with Gasteiger partial charge in [0.05, 0.1) is 0 Å².